The third kappa shape index (κ3) is 5.21. The normalized spacial score (nSPS) is 16.4. The quantitative estimate of drug-likeness (QED) is 0.444. The Kier molecular flexibility index (Phi) is 7.45. The molecule has 0 radical (unpaired) electrons. The van der Waals surface area contributed by atoms with Crippen molar-refractivity contribution in [3.05, 3.63) is 11.6 Å². The van der Waals surface area contributed by atoms with Crippen LogP contribution < -0.4 is 0 Å². The minimum Gasteiger partial charge on any atom is -0.298 e. The highest BCUT2D eigenvalue weighted by Gasteiger charge is 2.07. The van der Waals surface area contributed by atoms with E-state index in [0.717, 1.165) is 31.1 Å². The predicted molar refractivity (Wildman–Crippen MR) is 62.3 cm³/mol. The molecule has 0 aliphatic rings. The fourth-order valence-corrected chi connectivity index (χ4v) is 1.47. The van der Waals surface area contributed by atoms with Gasteiger partial charge < -0.3 is 0 Å². The molecular formula is C13H24O. The average Bonchev–Trinajstić information content (AvgIpc) is 2.18. The lowest BCUT2D eigenvalue weighted by atomic mass is 9.94. The van der Waals surface area contributed by atoms with E-state index in [2.05, 4.69) is 33.8 Å². The number of allylic oxidation sites excluding steroid dienone is 2. The van der Waals surface area contributed by atoms with Crippen LogP contribution in [-0.2, 0) is 4.79 Å². The molecule has 1 heteroatoms. The third-order valence-corrected chi connectivity index (χ3v) is 2.88. The van der Waals surface area contributed by atoms with E-state index in [9.17, 15) is 4.79 Å². The number of carbonyl (C=O) groups excluding carboxylic acids is 1. The lowest BCUT2D eigenvalue weighted by molar-refractivity contribution is -0.105. The van der Waals surface area contributed by atoms with Gasteiger partial charge in [-0.05, 0) is 30.3 Å². The van der Waals surface area contributed by atoms with Gasteiger partial charge in [-0.25, -0.2) is 0 Å². The number of hydrogen-bond donors (Lipinski definition) is 0. The Bertz CT molecular complexity index is 182. The molecule has 1 nitrogen and oxygen atoms in total. The summed E-state index contributed by atoms with van der Waals surface area (Å²) in [6.45, 7) is 8.71. The Labute approximate surface area is 88.6 Å². The molecule has 0 aliphatic carbocycles. The zero-order chi connectivity index (χ0) is 11.0. The van der Waals surface area contributed by atoms with Gasteiger partial charge in [0.1, 0.15) is 6.29 Å². The molecule has 0 aromatic rings. The fraction of sp³-hybridized carbons (Fsp3) is 0.769. The first-order chi connectivity index (χ1) is 6.65. The summed E-state index contributed by atoms with van der Waals surface area (Å²) in [7, 11) is 0. The molecule has 0 fully saturated rings. The Morgan fingerprint density at radius 1 is 1.29 bits per heavy atom. The second-order valence-electron chi connectivity index (χ2n) is 4.26. The standard InChI is InChI=1S/C13H24O/c1-5-7-12(4)13(10-14)9-8-11(3)6-2/h9-12H,5-8H2,1-4H3/b13-9+. The van der Waals surface area contributed by atoms with Crippen molar-refractivity contribution >= 4 is 6.29 Å². The molecule has 0 aromatic heterocycles. The summed E-state index contributed by atoms with van der Waals surface area (Å²) in [6.07, 6.45) is 7.65. The van der Waals surface area contributed by atoms with E-state index < -0.39 is 0 Å². The molecule has 14 heavy (non-hydrogen) atoms. The van der Waals surface area contributed by atoms with Gasteiger partial charge in [0, 0.05) is 0 Å². The van der Waals surface area contributed by atoms with Gasteiger partial charge >= 0.3 is 0 Å². The van der Waals surface area contributed by atoms with Crippen LogP contribution in [0.1, 0.15) is 53.4 Å². The smallest absolute Gasteiger partial charge is 0.145 e. The number of carbonyl (C=O) groups is 1. The zero-order valence-electron chi connectivity index (χ0n) is 10.0. The van der Waals surface area contributed by atoms with Gasteiger partial charge in [-0.1, -0.05) is 46.6 Å². The minimum absolute atomic E-state index is 0.432. The monoisotopic (exact) mass is 196 g/mol. The highest BCUT2D eigenvalue weighted by Crippen LogP contribution is 2.17. The van der Waals surface area contributed by atoms with E-state index in [0.29, 0.717) is 11.8 Å². The lowest BCUT2D eigenvalue weighted by Gasteiger charge is -2.11. The molecule has 0 amide bonds. The van der Waals surface area contributed by atoms with Crippen molar-refractivity contribution in [2.45, 2.75) is 53.4 Å². The van der Waals surface area contributed by atoms with E-state index in [1.54, 1.807) is 0 Å². The predicted octanol–water partition coefficient (Wildman–Crippen LogP) is 3.98. The van der Waals surface area contributed by atoms with Gasteiger partial charge in [-0.2, -0.15) is 0 Å². The van der Waals surface area contributed by atoms with Crippen LogP contribution >= 0.6 is 0 Å². The molecule has 0 rings (SSSR count). The van der Waals surface area contributed by atoms with Crippen molar-refractivity contribution in [2.24, 2.45) is 11.8 Å². The van der Waals surface area contributed by atoms with Crippen LogP contribution in [0.25, 0.3) is 0 Å². The summed E-state index contributed by atoms with van der Waals surface area (Å²) in [5.41, 5.74) is 0.993. The third-order valence-electron chi connectivity index (χ3n) is 2.88. The van der Waals surface area contributed by atoms with Crippen molar-refractivity contribution in [3.8, 4) is 0 Å². The molecule has 0 bridgehead atoms. The highest BCUT2D eigenvalue weighted by molar-refractivity contribution is 5.73. The Hall–Kier alpha value is -0.590. The Balaban J connectivity index is 4.16. The minimum atomic E-state index is 0.432. The van der Waals surface area contributed by atoms with E-state index in [-0.39, 0.29) is 0 Å². The number of aldehydes is 1. The van der Waals surface area contributed by atoms with Crippen LogP contribution in [0.4, 0.5) is 0 Å². The van der Waals surface area contributed by atoms with Gasteiger partial charge in [-0.15, -0.1) is 0 Å². The molecule has 0 aromatic carbocycles. The molecular weight excluding hydrogens is 172 g/mol. The average molecular weight is 196 g/mol. The first-order valence-corrected chi connectivity index (χ1v) is 5.80. The van der Waals surface area contributed by atoms with Crippen LogP contribution in [0.2, 0.25) is 0 Å². The molecule has 0 N–H and O–H groups in total. The molecule has 0 aliphatic heterocycles. The van der Waals surface area contributed by atoms with Gasteiger partial charge in [-0.3, -0.25) is 4.79 Å². The summed E-state index contributed by atoms with van der Waals surface area (Å²) in [6, 6.07) is 0. The SMILES string of the molecule is CCCC(C)/C(C=O)=C/CC(C)CC. The van der Waals surface area contributed by atoms with Gasteiger partial charge in [0.15, 0.2) is 0 Å². The van der Waals surface area contributed by atoms with Crippen molar-refractivity contribution in [3.63, 3.8) is 0 Å². The second kappa shape index (κ2) is 7.78. The molecule has 2 atom stereocenters. The molecule has 2 unspecified atom stereocenters. The summed E-state index contributed by atoms with van der Waals surface area (Å²) >= 11 is 0. The summed E-state index contributed by atoms with van der Waals surface area (Å²) in [4.78, 5) is 10.9. The molecule has 0 saturated heterocycles. The maximum absolute atomic E-state index is 10.9. The van der Waals surface area contributed by atoms with Crippen LogP contribution in [0.3, 0.4) is 0 Å². The van der Waals surface area contributed by atoms with Crippen molar-refractivity contribution in [1.29, 1.82) is 0 Å². The van der Waals surface area contributed by atoms with Crippen molar-refractivity contribution in [2.75, 3.05) is 0 Å². The number of rotatable bonds is 7. The maximum Gasteiger partial charge on any atom is 0.145 e. The van der Waals surface area contributed by atoms with Gasteiger partial charge in [0.05, 0.1) is 0 Å². The van der Waals surface area contributed by atoms with Crippen molar-refractivity contribution in [1.82, 2.24) is 0 Å². The fourth-order valence-electron chi connectivity index (χ4n) is 1.47. The Morgan fingerprint density at radius 3 is 2.36 bits per heavy atom. The maximum atomic E-state index is 10.9. The van der Waals surface area contributed by atoms with Gasteiger partial charge in [0.2, 0.25) is 0 Å². The molecule has 82 valence electrons. The first kappa shape index (κ1) is 13.4. The summed E-state index contributed by atoms with van der Waals surface area (Å²) in [5, 5.41) is 0. The van der Waals surface area contributed by atoms with Crippen LogP contribution in [0.5, 0.6) is 0 Å². The first-order valence-electron chi connectivity index (χ1n) is 5.80. The molecule has 0 heterocycles. The highest BCUT2D eigenvalue weighted by atomic mass is 16.1. The van der Waals surface area contributed by atoms with Crippen molar-refractivity contribution < 1.29 is 4.79 Å². The van der Waals surface area contributed by atoms with Gasteiger partial charge in [0.25, 0.3) is 0 Å². The van der Waals surface area contributed by atoms with E-state index >= 15 is 0 Å². The van der Waals surface area contributed by atoms with E-state index in [4.69, 9.17) is 0 Å². The summed E-state index contributed by atoms with van der Waals surface area (Å²) < 4.78 is 0. The Morgan fingerprint density at radius 2 is 1.93 bits per heavy atom. The molecule has 0 saturated carbocycles. The van der Waals surface area contributed by atoms with Crippen LogP contribution in [0, 0.1) is 11.8 Å². The van der Waals surface area contributed by atoms with E-state index in [1.165, 1.54) is 6.42 Å². The second-order valence-corrected chi connectivity index (χ2v) is 4.26. The molecule has 0 spiro atoms. The lowest BCUT2D eigenvalue weighted by Crippen LogP contribution is -2.01. The van der Waals surface area contributed by atoms with Crippen LogP contribution in [-0.4, -0.2) is 6.29 Å². The largest absolute Gasteiger partial charge is 0.298 e. The summed E-state index contributed by atoms with van der Waals surface area (Å²) in [5.74, 6) is 1.13. The van der Waals surface area contributed by atoms with E-state index in [1.807, 2.05) is 0 Å². The van der Waals surface area contributed by atoms with Crippen LogP contribution in [0.15, 0.2) is 11.6 Å². The topological polar surface area (TPSA) is 17.1 Å². The number of hydrogen-bond acceptors (Lipinski definition) is 1. The zero-order valence-corrected chi connectivity index (χ0v) is 10.0.